The number of hydrogen-bond acceptors (Lipinski definition) is 3. The third kappa shape index (κ3) is 4.83. The van der Waals surface area contributed by atoms with Gasteiger partial charge in [0.1, 0.15) is 11.8 Å². The van der Waals surface area contributed by atoms with Crippen LogP contribution in [-0.4, -0.2) is 30.1 Å². The van der Waals surface area contributed by atoms with Crippen LogP contribution in [0.4, 0.5) is 0 Å². The average molecular weight is 263 g/mol. The van der Waals surface area contributed by atoms with Crippen LogP contribution in [0.5, 0.6) is 5.75 Å². The molecule has 1 rings (SSSR count). The number of nitrogens with one attached hydrogen (secondary N) is 1. The van der Waals surface area contributed by atoms with Crippen molar-refractivity contribution in [2.24, 2.45) is 0 Å². The Balaban J connectivity index is 2.57. The highest BCUT2D eigenvalue weighted by Gasteiger charge is 2.18. The Kier molecular flexibility index (Phi) is 5.60. The first-order valence-corrected chi connectivity index (χ1v) is 5.82. The highest BCUT2D eigenvalue weighted by atomic mass is 16.5. The molecule has 1 aromatic rings. The van der Waals surface area contributed by atoms with Crippen LogP contribution >= 0.6 is 0 Å². The number of ether oxygens (including phenoxy) is 1. The normalized spacial score (nSPS) is 11.4. The van der Waals surface area contributed by atoms with Crippen LogP contribution < -0.4 is 10.1 Å². The van der Waals surface area contributed by atoms with Gasteiger partial charge in [-0.05, 0) is 24.1 Å². The van der Waals surface area contributed by atoms with Gasteiger partial charge in [0.25, 0.3) is 0 Å². The molecule has 0 bridgehead atoms. The van der Waals surface area contributed by atoms with Crippen LogP contribution in [0.1, 0.15) is 12.0 Å². The second-order valence-corrected chi connectivity index (χ2v) is 4.01. The van der Waals surface area contributed by atoms with Gasteiger partial charge in [0.15, 0.2) is 0 Å². The van der Waals surface area contributed by atoms with E-state index in [1.165, 1.54) is 6.08 Å². The van der Waals surface area contributed by atoms with Crippen LogP contribution in [0.15, 0.2) is 36.9 Å². The molecule has 5 heteroatoms. The van der Waals surface area contributed by atoms with E-state index in [2.05, 4.69) is 11.9 Å². The average Bonchev–Trinajstić information content (AvgIpc) is 2.39. The van der Waals surface area contributed by atoms with Gasteiger partial charge >= 0.3 is 5.97 Å². The first-order valence-electron chi connectivity index (χ1n) is 5.82. The number of methoxy groups -OCH3 is 1. The van der Waals surface area contributed by atoms with Crippen LogP contribution in [0, 0.1) is 0 Å². The Morgan fingerprint density at radius 3 is 2.53 bits per heavy atom. The lowest BCUT2D eigenvalue weighted by Crippen LogP contribution is -2.41. The molecular formula is C14H17NO4. The molecule has 1 atom stereocenters. The Labute approximate surface area is 111 Å². The van der Waals surface area contributed by atoms with Gasteiger partial charge in [-0.25, -0.2) is 4.79 Å². The summed E-state index contributed by atoms with van der Waals surface area (Å²) >= 11 is 0. The summed E-state index contributed by atoms with van der Waals surface area (Å²) in [4.78, 5) is 22.6. The molecule has 2 N–H and O–H groups in total. The van der Waals surface area contributed by atoms with Crippen molar-refractivity contribution in [3.8, 4) is 5.75 Å². The van der Waals surface area contributed by atoms with E-state index in [4.69, 9.17) is 9.84 Å². The molecule has 5 nitrogen and oxygen atoms in total. The fraction of sp³-hybridized carbons (Fsp3) is 0.286. The summed E-state index contributed by atoms with van der Waals surface area (Å²) in [5.41, 5.74) is 0.793. The Morgan fingerprint density at radius 1 is 1.42 bits per heavy atom. The van der Waals surface area contributed by atoms with E-state index in [-0.39, 0.29) is 18.7 Å². The van der Waals surface area contributed by atoms with Crippen LogP contribution in [0.3, 0.4) is 0 Å². The lowest BCUT2D eigenvalue weighted by atomic mass is 10.1. The third-order valence-electron chi connectivity index (χ3n) is 2.56. The van der Waals surface area contributed by atoms with Gasteiger partial charge in [0.05, 0.1) is 13.5 Å². The minimum Gasteiger partial charge on any atom is -0.497 e. The van der Waals surface area contributed by atoms with Crippen molar-refractivity contribution in [1.82, 2.24) is 5.32 Å². The van der Waals surface area contributed by atoms with E-state index >= 15 is 0 Å². The molecule has 1 unspecified atom stereocenters. The third-order valence-corrected chi connectivity index (χ3v) is 2.56. The minimum atomic E-state index is -1.07. The van der Waals surface area contributed by atoms with Gasteiger partial charge in [0, 0.05) is 0 Å². The molecule has 0 aliphatic carbocycles. The molecular weight excluding hydrogens is 246 g/mol. The summed E-state index contributed by atoms with van der Waals surface area (Å²) in [5, 5.41) is 11.4. The molecule has 1 aromatic carbocycles. The predicted octanol–water partition coefficient (Wildman–Crippen LogP) is 1.38. The first kappa shape index (κ1) is 14.8. The van der Waals surface area contributed by atoms with E-state index in [1.807, 2.05) is 0 Å². The summed E-state index contributed by atoms with van der Waals surface area (Å²) < 4.78 is 5.01. The van der Waals surface area contributed by atoms with Gasteiger partial charge < -0.3 is 15.2 Å². The van der Waals surface area contributed by atoms with Gasteiger partial charge in [-0.3, -0.25) is 4.79 Å². The zero-order valence-corrected chi connectivity index (χ0v) is 10.8. The fourth-order valence-electron chi connectivity index (χ4n) is 1.56. The molecule has 0 radical (unpaired) electrons. The Morgan fingerprint density at radius 2 is 2.05 bits per heavy atom. The van der Waals surface area contributed by atoms with Crippen molar-refractivity contribution in [3.63, 3.8) is 0 Å². The Hall–Kier alpha value is -2.30. The van der Waals surface area contributed by atoms with E-state index < -0.39 is 12.0 Å². The summed E-state index contributed by atoms with van der Waals surface area (Å²) in [5.74, 6) is -0.693. The highest BCUT2D eigenvalue weighted by molar-refractivity contribution is 5.84. The van der Waals surface area contributed by atoms with Crippen molar-refractivity contribution in [3.05, 3.63) is 42.5 Å². The van der Waals surface area contributed by atoms with Crippen LogP contribution in [-0.2, 0) is 16.0 Å². The summed E-state index contributed by atoms with van der Waals surface area (Å²) in [6.45, 7) is 3.46. The number of amides is 1. The first-order chi connectivity index (χ1) is 9.06. The van der Waals surface area contributed by atoms with Gasteiger partial charge in [0.2, 0.25) is 5.91 Å². The van der Waals surface area contributed by atoms with Gasteiger partial charge in [-0.15, -0.1) is 6.58 Å². The molecule has 102 valence electrons. The lowest BCUT2D eigenvalue weighted by molar-refractivity contribution is -0.141. The molecule has 0 fully saturated rings. The second-order valence-electron chi connectivity index (χ2n) is 4.01. The fourth-order valence-corrected chi connectivity index (χ4v) is 1.56. The largest absolute Gasteiger partial charge is 0.497 e. The molecule has 0 heterocycles. The quantitative estimate of drug-likeness (QED) is 0.729. The molecule has 19 heavy (non-hydrogen) atoms. The topological polar surface area (TPSA) is 75.6 Å². The molecule has 0 aromatic heterocycles. The van der Waals surface area contributed by atoms with Crippen LogP contribution in [0.25, 0.3) is 0 Å². The SMILES string of the molecule is C=CCC(NC(=O)Cc1ccc(OC)cc1)C(=O)O. The zero-order valence-electron chi connectivity index (χ0n) is 10.8. The molecule has 0 aliphatic heterocycles. The number of rotatable bonds is 7. The maximum Gasteiger partial charge on any atom is 0.326 e. The summed E-state index contributed by atoms with van der Waals surface area (Å²) in [6, 6.07) is 6.11. The zero-order chi connectivity index (χ0) is 14.3. The summed E-state index contributed by atoms with van der Waals surface area (Å²) in [6.07, 6.45) is 1.79. The van der Waals surface area contributed by atoms with E-state index in [9.17, 15) is 9.59 Å². The predicted molar refractivity (Wildman–Crippen MR) is 71.1 cm³/mol. The number of hydrogen-bond donors (Lipinski definition) is 2. The monoisotopic (exact) mass is 263 g/mol. The molecule has 1 amide bonds. The lowest BCUT2D eigenvalue weighted by Gasteiger charge is -2.12. The maximum absolute atomic E-state index is 11.7. The number of carbonyl (C=O) groups is 2. The molecule has 0 saturated carbocycles. The van der Waals surface area contributed by atoms with Crippen molar-refractivity contribution in [1.29, 1.82) is 0 Å². The van der Waals surface area contributed by atoms with Crippen molar-refractivity contribution in [2.45, 2.75) is 18.9 Å². The maximum atomic E-state index is 11.7. The van der Waals surface area contributed by atoms with Crippen molar-refractivity contribution < 1.29 is 19.4 Å². The van der Waals surface area contributed by atoms with Crippen LogP contribution in [0.2, 0.25) is 0 Å². The smallest absolute Gasteiger partial charge is 0.326 e. The van der Waals surface area contributed by atoms with E-state index in [0.717, 1.165) is 5.56 Å². The van der Waals surface area contributed by atoms with Gasteiger partial charge in [-0.1, -0.05) is 18.2 Å². The molecule has 0 spiro atoms. The van der Waals surface area contributed by atoms with E-state index in [0.29, 0.717) is 5.75 Å². The number of carboxylic acids is 1. The summed E-state index contributed by atoms with van der Waals surface area (Å²) in [7, 11) is 1.56. The minimum absolute atomic E-state index is 0.130. The van der Waals surface area contributed by atoms with Gasteiger partial charge in [-0.2, -0.15) is 0 Å². The van der Waals surface area contributed by atoms with E-state index in [1.54, 1.807) is 31.4 Å². The number of benzene rings is 1. The van der Waals surface area contributed by atoms with Crippen molar-refractivity contribution in [2.75, 3.05) is 7.11 Å². The molecule has 0 aliphatic rings. The number of carboxylic acid groups (broad SMARTS) is 1. The standard InChI is InChI=1S/C14H17NO4/c1-3-4-12(14(17)18)15-13(16)9-10-5-7-11(19-2)8-6-10/h3,5-8,12H,1,4,9H2,2H3,(H,15,16)(H,17,18). The number of aliphatic carboxylic acids is 1. The second kappa shape index (κ2) is 7.20. The van der Waals surface area contributed by atoms with Crippen molar-refractivity contribution >= 4 is 11.9 Å². The Bertz CT molecular complexity index is 453. The number of carbonyl (C=O) groups excluding carboxylic acids is 1. The highest BCUT2D eigenvalue weighted by Crippen LogP contribution is 2.11. The molecule has 0 saturated heterocycles.